The predicted octanol–water partition coefficient (Wildman–Crippen LogP) is 5.97. The third-order valence-electron chi connectivity index (χ3n) is 6.30. The summed E-state index contributed by atoms with van der Waals surface area (Å²) in [6.45, 7) is 7.48. The third-order valence-corrected chi connectivity index (χ3v) is 6.88. The first kappa shape index (κ1) is 26.9. The molecule has 1 aliphatic heterocycles. The highest BCUT2D eigenvalue weighted by atomic mass is 35.5. The lowest BCUT2D eigenvalue weighted by Crippen LogP contribution is -2.46. The number of amides is 1. The van der Waals surface area contributed by atoms with Crippen LogP contribution in [0.25, 0.3) is 0 Å². The maximum absolute atomic E-state index is 12.6. The van der Waals surface area contributed by atoms with Gasteiger partial charge < -0.3 is 15.0 Å². The van der Waals surface area contributed by atoms with E-state index >= 15 is 0 Å². The minimum absolute atomic E-state index is 0.253. The highest BCUT2D eigenvalue weighted by molar-refractivity contribution is 7.80. The monoisotopic (exact) mass is 536 g/mol. The molecule has 4 rings (SSSR count). The second kappa shape index (κ2) is 13.4. The molecule has 37 heavy (non-hydrogen) atoms. The van der Waals surface area contributed by atoms with E-state index in [-0.39, 0.29) is 11.0 Å². The van der Waals surface area contributed by atoms with Crippen molar-refractivity contribution in [3.63, 3.8) is 0 Å². The lowest BCUT2D eigenvalue weighted by Gasteiger charge is -2.36. The van der Waals surface area contributed by atoms with Crippen LogP contribution in [0, 0.1) is 0 Å². The average Bonchev–Trinajstić information content (AvgIpc) is 2.91. The number of piperazine rings is 1. The van der Waals surface area contributed by atoms with Crippen LogP contribution in [0.1, 0.15) is 35.7 Å². The van der Waals surface area contributed by atoms with Gasteiger partial charge in [-0.2, -0.15) is 0 Å². The Morgan fingerprint density at radius 1 is 1.00 bits per heavy atom. The van der Waals surface area contributed by atoms with Crippen LogP contribution in [0.4, 0.5) is 11.4 Å². The molecule has 1 amide bonds. The van der Waals surface area contributed by atoms with Crippen molar-refractivity contribution in [3.05, 3.63) is 88.9 Å². The molecule has 0 radical (unpaired) electrons. The van der Waals surface area contributed by atoms with Gasteiger partial charge in [0.05, 0.1) is 6.61 Å². The molecule has 0 unspecified atom stereocenters. The molecule has 1 aliphatic rings. The number of hydrogen-bond acceptors (Lipinski definition) is 5. The predicted molar refractivity (Wildman–Crippen MR) is 156 cm³/mol. The van der Waals surface area contributed by atoms with Crippen LogP contribution < -0.4 is 20.3 Å². The molecule has 1 fully saturated rings. The van der Waals surface area contributed by atoms with Gasteiger partial charge in [0.2, 0.25) is 0 Å². The number of unbranched alkanes of at least 4 members (excludes halogenated alkanes) is 1. The van der Waals surface area contributed by atoms with Crippen LogP contribution in [-0.2, 0) is 6.54 Å². The Kier molecular flexibility index (Phi) is 9.77. The molecule has 3 aromatic rings. The Labute approximate surface area is 229 Å². The summed E-state index contributed by atoms with van der Waals surface area (Å²) in [4.78, 5) is 17.4. The molecule has 2 N–H and O–H groups in total. The van der Waals surface area contributed by atoms with Crippen LogP contribution in [0.3, 0.4) is 0 Å². The number of nitrogens with zero attached hydrogens (tertiary/aromatic N) is 2. The fourth-order valence-corrected chi connectivity index (χ4v) is 4.59. The van der Waals surface area contributed by atoms with Crippen molar-refractivity contribution >= 4 is 46.2 Å². The molecule has 0 atom stereocenters. The number of anilines is 2. The summed E-state index contributed by atoms with van der Waals surface area (Å²) in [6.07, 6.45) is 2.03. The van der Waals surface area contributed by atoms with E-state index in [2.05, 4.69) is 45.6 Å². The number of benzene rings is 3. The molecule has 1 heterocycles. The Hall–Kier alpha value is -3.13. The summed E-state index contributed by atoms with van der Waals surface area (Å²) in [6, 6.07) is 23.3. The zero-order valence-corrected chi connectivity index (χ0v) is 22.7. The van der Waals surface area contributed by atoms with Crippen LogP contribution in [0.15, 0.2) is 72.8 Å². The first-order valence-electron chi connectivity index (χ1n) is 12.7. The molecule has 6 nitrogen and oxygen atoms in total. The van der Waals surface area contributed by atoms with Gasteiger partial charge in [-0.25, -0.2) is 0 Å². The van der Waals surface area contributed by atoms with Crippen molar-refractivity contribution in [3.8, 4) is 5.75 Å². The molecular formula is C29H33ClN4O2S. The number of halogens is 1. The van der Waals surface area contributed by atoms with E-state index in [1.807, 2.05) is 42.5 Å². The van der Waals surface area contributed by atoms with Crippen LogP contribution in [0.5, 0.6) is 5.75 Å². The van der Waals surface area contributed by atoms with Gasteiger partial charge in [-0.3, -0.25) is 15.0 Å². The normalized spacial score (nSPS) is 13.7. The average molecular weight is 537 g/mol. The van der Waals surface area contributed by atoms with E-state index in [4.69, 9.17) is 28.6 Å². The summed E-state index contributed by atoms with van der Waals surface area (Å²) in [5.41, 5.74) is 3.66. The molecule has 0 saturated carbocycles. The van der Waals surface area contributed by atoms with Crippen LogP contribution >= 0.6 is 23.8 Å². The Morgan fingerprint density at radius 3 is 2.49 bits per heavy atom. The van der Waals surface area contributed by atoms with Crippen molar-refractivity contribution in [1.29, 1.82) is 0 Å². The van der Waals surface area contributed by atoms with Crippen molar-refractivity contribution in [2.75, 3.05) is 43.0 Å². The summed E-state index contributed by atoms with van der Waals surface area (Å²) in [5.74, 6) is 0.407. The lowest BCUT2D eigenvalue weighted by atomic mass is 10.2. The minimum Gasteiger partial charge on any atom is -0.494 e. The summed E-state index contributed by atoms with van der Waals surface area (Å²) in [7, 11) is 0. The molecule has 8 heteroatoms. The maximum Gasteiger partial charge on any atom is 0.257 e. The molecule has 0 bridgehead atoms. The molecule has 3 aromatic carbocycles. The third kappa shape index (κ3) is 7.92. The topological polar surface area (TPSA) is 56.8 Å². The number of carbonyl (C=O) groups is 1. The molecular weight excluding hydrogens is 504 g/mol. The highest BCUT2D eigenvalue weighted by Gasteiger charge is 2.18. The first-order valence-corrected chi connectivity index (χ1v) is 13.5. The molecule has 0 spiro atoms. The SMILES string of the molecule is CCCCOc1cccc(C(=O)NC(=S)Nc2ccc(N3CCN(Cc4ccccc4Cl)CC3)cc2)c1. The maximum atomic E-state index is 12.6. The summed E-state index contributed by atoms with van der Waals surface area (Å²) >= 11 is 11.7. The number of ether oxygens (including phenoxy) is 1. The van der Waals surface area contributed by atoms with Gasteiger partial charge in [0.1, 0.15) is 5.75 Å². The van der Waals surface area contributed by atoms with E-state index in [9.17, 15) is 4.79 Å². The number of carbonyl (C=O) groups excluding carboxylic acids is 1. The molecule has 194 valence electrons. The van der Waals surface area contributed by atoms with Gasteiger partial charge in [0, 0.05) is 54.7 Å². The van der Waals surface area contributed by atoms with Crippen molar-refractivity contribution in [1.82, 2.24) is 10.2 Å². The van der Waals surface area contributed by atoms with Gasteiger partial charge in [0.15, 0.2) is 5.11 Å². The summed E-state index contributed by atoms with van der Waals surface area (Å²) < 4.78 is 5.70. The van der Waals surface area contributed by atoms with E-state index in [0.29, 0.717) is 17.9 Å². The van der Waals surface area contributed by atoms with Gasteiger partial charge in [-0.15, -0.1) is 0 Å². The second-order valence-electron chi connectivity index (χ2n) is 9.04. The standard InChI is InChI=1S/C29H33ClN4O2S/c1-2-3-19-36-26-9-6-8-22(20-26)28(35)32-29(37)31-24-11-13-25(14-12-24)34-17-15-33(16-18-34)21-23-7-4-5-10-27(23)30/h4-14,20H,2-3,15-19,21H2,1H3,(H2,31,32,35,37). The molecule has 1 saturated heterocycles. The highest BCUT2D eigenvalue weighted by Crippen LogP contribution is 2.22. The fraction of sp³-hybridized carbons (Fsp3) is 0.310. The van der Waals surface area contributed by atoms with Crippen molar-refractivity contribution < 1.29 is 9.53 Å². The van der Waals surface area contributed by atoms with E-state index in [0.717, 1.165) is 62.0 Å². The minimum atomic E-state index is -0.273. The van der Waals surface area contributed by atoms with Gasteiger partial charge in [-0.05, 0) is 72.7 Å². The Bertz CT molecular complexity index is 1200. The van der Waals surface area contributed by atoms with E-state index < -0.39 is 0 Å². The van der Waals surface area contributed by atoms with Gasteiger partial charge in [-0.1, -0.05) is 49.2 Å². The summed E-state index contributed by atoms with van der Waals surface area (Å²) in [5, 5.41) is 6.92. The molecule has 0 aliphatic carbocycles. The number of hydrogen-bond donors (Lipinski definition) is 2. The van der Waals surface area contributed by atoms with Crippen LogP contribution in [-0.4, -0.2) is 48.7 Å². The quantitative estimate of drug-likeness (QED) is 0.260. The number of thiocarbonyl (C=S) groups is 1. The lowest BCUT2D eigenvalue weighted by molar-refractivity contribution is 0.0977. The largest absolute Gasteiger partial charge is 0.494 e. The first-order chi connectivity index (χ1) is 18.0. The smallest absolute Gasteiger partial charge is 0.257 e. The van der Waals surface area contributed by atoms with Crippen molar-refractivity contribution in [2.24, 2.45) is 0 Å². The van der Waals surface area contributed by atoms with E-state index in [1.54, 1.807) is 12.1 Å². The Morgan fingerprint density at radius 2 is 1.76 bits per heavy atom. The van der Waals surface area contributed by atoms with Crippen molar-refractivity contribution in [2.45, 2.75) is 26.3 Å². The second-order valence-corrected chi connectivity index (χ2v) is 9.86. The number of nitrogens with one attached hydrogen (secondary N) is 2. The Balaban J connectivity index is 1.24. The van der Waals surface area contributed by atoms with Crippen LogP contribution in [0.2, 0.25) is 5.02 Å². The van der Waals surface area contributed by atoms with Gasteiger partial charge >= 0.3 is 0 Å². The zero-order valence-electron chi connectivity index (χ0n) is 21.1. The molecule has 0 aromatic heterocycles. The zero-order chi connectivity index (χ0) is 26.0. The number of rotatable bonds is 9. The van der Waals surface area contributed by atoms with Gasteiger partial charge in [0.25, 0.3) is 5.91 Å². The van der Waals surface area contributed by atoms with E-state index in [1.165, 1.54) is 5.56 Å². The fourth-order valence-electron chi connectivity index (χ4n) is 4.19.